The van der Waals surface area contributed by atoms with Gasteiger partial charge < -0.3 is 4.98 Å². The lowest BCUT2D eigenvalue weighted by Gasteiger charge is -1.94. The van der Waals surface area contributed by atoms with Gasteiger partial charge in [-0.1, -0.05) is 12.2 Å². The molecule has 0 amide bonds. The minimum atomic E-state index is -0.354. The first-order valence-corrected chi connectivity index (χ1v) is 4.02. The first-order valence-electron chi connectivity index (χ1n) is 1.95. The summed E-state index contributed by atoms with van der Waals surface area (Å²) >= 11 is 0. The summed E-state index contributed by atoms with van der Waals surface area (Å²) in [5, 5.41) is 0. The van der Waals surface area contributed by atoms with E-state index in [0.717, 1.165) is 0 Å². The Labute approximate surface area is 40.8 Å². The van der Waals surface area contributed by atoms with Crippen molar-refractivity contribution in [1.82, 2.24) is 4.98 Å². The zero-order valence-corrected chi connectivity index (χ0v) is 5.28. The Bertz CT molecular complexity index is 44.8. The van der Waals surface area contributed by atoms with Crippen LogP contribution in [0.5, 0.6) is 0 Å². The molecule has 0 bridgehead atoms. The minimum absolute atomic E-state index is 0.354. The predicted octanol–water partition coefficient (Wildman–Crippen LogP) is 0.552. The van der Waals surface area contributed by atoms with Crippen LogP contribution < -0.4 is 4.98 Å². The van der Waals surface area contributed by atoms with Crippen molar-refractivity contribution in [3.8, 4) is 0 Å². The molecule has 6 heavy (non-hydrogen) atoms. The molecule has 2 heteroatoms. The van der Waals surface area contributed by atoms with Gasteiger partial charge >= 0.3 is 0 Å². The Balaban J connectivity index is 2.96. The molecular formula is C4H10NSi. The molecule has 1 nitrogen and oxygen atoms in total. The highest BCUT2D eigenvalue weighted by Crippen LogP contribution is 1.68. The first-order chi connectivity index (χ1) is 2.81. The molecule has 0 atom stereocenters. The number of nitrogens with one attached hydrogen (secondary N) is 1. The van der Waals surface area contributed by atoms with E-state index in [1.165, 1.54) is 0 Å². The molecule has 1 N–H and O–H groups in total. The lowest BCUT2D eigenvalue weighted by atomic mass is 11.3. The van der Waals surface area contributed by atoms with Gasteiger partial charge in [0, 0.05) is 0 Å². The van der Waals surface area contributed by atoms with Crippen LogP contribution in [0, 0.1) is 0 Å². The third-order valence-corrected chi connectivity index (χ3v) is 2.10. The number of hydrogen-bond acceptors (Lipinski definition) is 1. The lowest BCUT2D eigenvalue weighted by Crippen LogP contribution is -2.23. The van der Waals surface area contributed by atoms with Crippen molar-refractivity contribution in [3.05, 3.63) is 12.3 Å². The van der Waals surface area contributed by atoms with E-state index in [-0.39, 0.29) is 8.96 Å². The summed E-state index contributed by atoms with van der Waals surface area (Å²) in [5.74, 6) is 0. The van der Waals surface area contributed by atoms with Crippen LogP contribution in [-0.2, 0) is 0 Å². The van der Waals surface area contributed by atoms with Crippen LogP contribution >= 0.6 is 0 Å². The average Bonchev–Trinajstić information content (AvgIpc) is 1.65. The molecule has 0 saturated carbocycles. The van der Waals surface area contributed by atoms with E-state index in [9.17, 15) is 0 Å². The van der Waals surface area contributed by atoms with Gasteiger partial charge in [0.25, 0.3) is 0 Å². The molecule has 0 heterocycles. The van der Waals surface area contributed by atoms with Gasteiger partial charge in [-0.05, 0) is 7.05 Å². The molecule has 0 aromatic heterocycles. The first kappa shape index (κ1) is 5.92. The quantitative estimate of drug-likeness (QED) is 0.500. The van der Waals surface area contributed by atoms with Crippen molar-refractivity contribution in [3.63, 3.8) is 0 Å². The molecule has 0 aliphatic rings. The SMILES string of the molecule is C=C[Si](C)NC. The van der Waals surface area contributed by atoms with Crippen LogP contribution in [0.25, 0.3) is 0 Å². The van der Waals surface area contributed by atoms with E-state index in [2.05, 4.69) is 18.1 Å². The van der Waals surface area contributed by atoms with Crippen LogP contribution in [0.2, 0.25) is 6.55 Å². The smallest absolute Gasteiger partial charge is 0.157 e. The Hall–Kier alpha value is -0.0831. The van der Waals surface area contributed by atoms with Gasteiger partial charge in [-0.15, -0.1) is 6.58 Å². The second-order valence-corrected chi connectivity index (χ2v) is 3.41. The van der Waals surface area contributed by atoms with Gasteiger partial charge in [-0.3, -0.25) is 0 Å². The predicted molar refractivity (Wildman–Crippen MR) is 30.9 cm³/mol. The maximum atomic E-state index is 3.61. The van der Waals surface area contributed by atoms with Crippen LogP contribution in [0.3, 0.4) is 0 Å². The molecule has 0 aromatic carbocycles. The molecule has 1 radical (unpaired) electrons. The third kappa shape index (κ3) is 2.17. The van der Waals surface area contributed by atoms with Crippen molar-refractivity contribution in [2.24, 2.45) is 0 Å². The summed E-state index contributed by atoms with van der Waals surface area (Å²) in [7, 11) is 1.60. The van der Waals surface area contributed by atoms with Gasteiger partial charge in [-0.25, -0.2) is 0 Å². The van der Waals surface area contributed by atoms with Crippen molar-refractivity contribution in [1.29, 1.82) is 0 Å². The highest BCUT2D eigenvalue weighted by molar-refractivity contribution is 6.59. The Morgan fingerprint density at radius 2 is 2.33 bits per heavy atom. The molecule has 0 aliphatic carbocycles. The van der Waals surface area contributed by atoms with Crippen molar-refractivity contribution >= 4 is 8.96 Å². The minimum Gasteiger partial charge on any atom is -0.338 e. The highest BCUT2D eigenvalue weighted by atomic mass is 28.3. The van der Waals surface area contributed by atoms with E-state index in [1.807, 2.05) is 12.7 Å². The normalized spacial score (nSPS) is 9.17. The molecule has 0 saturated heterocycles. The maximum absolute atomic E-state index is 3.61. The number of rotatable bonds is 2. The summed E-state index contributed by atoms with van der Waals surface area (Å²) in [5.41, 5.74) is 1.96. The molecule has 0 rings (SSSR count). The number of hydrogen-bond donors (Lipinski definition) is 1. The zero-order valence-electron chi connectivity index (χ0n) is 4.28. The van der Waals surface area contributed by atoms with Crippen molar-refractivity contribution in [2.45, 2.75) is 6.55 Å². The van der Waals surface area contributed by atoms with Crippen LogP contribution in [-0.4, -0.2) is 16.0 Å². The van der Waals surface area contributed by atoms with Crippen molar-refractivity contribution < 1.29 is 0 Å². The van der Waals surface area contributed by atoms with E-state index >= 15 is 0 Å². The molecule has 0 unspecified atom stereocenters. The highest BCUT2D eigenvalue weighted by Gasteiger charge is 1.87. The lowest BCUT2D eigenvalue weighted by molar-refractivity contribution is 1.22. The Morgan fingerprint density at radius 1 is 1.83 bits per heavy atom. The topological polar surface area (TPSA) is 12.0 Å². The zero-order chi connectivity index (χ0) is 4.99. The van der Waals surface area contributed by atoms with Gasteiger partial charge in [0.15, 0.2) is 8.96 Å². The van der Waals surface area contributed by atoms with E-state index in [4.69, 9.17) is 0 Å². The van der Waals surface area contributed by atoms with E-state index in [1.54, 1.807) is 0 Å². The van der Waals surface area contributed by atoms with Crippen LogP contribution in [0.4, 0.5) is 0 Å². The van der Waals surface area contributed by atoms with Gasteiger partial charge in [0.2, 0.25) is 0 Å². The fourth-order valence-corrected chi connectivity index (χ4v) is 0.306. The molecule has 0 aliphatic heterocycles. The summed E-state index contributed by atoms with van der Waals surface area (Å²) in [6.45, 7) is 5.76. The van der Waals surface area contributed by atoms with Crippen LogP contribution in [0.15, 0.2) is 12.3 Å². The van der Waals surface area contributed by atoms with Gasteiger partial charge in [0.1, 0.15) is 0 Å². The van der Waals surface area contributed by atoms with E-state index in [0.29, 0.717) is 0 Å². The molecule has 35 valence electrons. The van der Waals surface area contributed by atoms with Crippen molar-refractivity contribution in [2.75, 3.05) is 7.05 Å². The fraction of sp³-hybridized carbons (Fsp3) is 0.500. The van der Waals surface area contributed by atoms with Gasteiger partial charge in [0.05, 0.1) is 0 Å². The Morgan fingerprint density at radius 3 is 2.33 bits per heavy atom. The van der Waals surface area contributed by atoms with Gasteiger partial charge in [-0.2, -0.15) is 0 Å². The largest absolute Gasteiger partial charge is 0.338 e. The monoisotopic (exact) mass is 100 g/mol. The fourth-order valence-electron chi connectivity index (χ4n) is 0.102. The second kappa shape index (κ2) is 3.12. The molecule has 0 spiro atoms. The molecule has 0 fully saturated rings. The third-order valence-electron chi connectivity index (χ3n) is 0.701. The average molecular weight is 100 g/mol. The Kier molecular flexibility index (Phi) is 3.08. The second-order valence-electron chi connectivity index (χ2n) is 1.14. The molecule has 0 aromatic rings. The molecular weight excluding hydrogens is 90.1 g/mol. The van der Waals surface area contributed by atoms with Crippen LogP contribution in [0.1, 0.15) is 0 Å². The van der Waals surface area contributed by atoms with E-state index < -0.39 is 0 Å². The summed E-state index contributed by atoms with van der Waals surface area (Å²) in [6.07, 6.45) is 0. The maximum Gasteiger partial charge on any atom is 0.157 e. The standard InChI is InChI=1S/C4H10NSi/c1-4-6(3)5-2/h4-5H,1H2,2-3H3. The summed E-state index contributed by atoms with van der Waals surface area (Å²) in [4.78, 5) is 3.10. The summed E-state index contributed by atoms with van der Waals surface area (Å²) < 4.78 is 0. The summed E-state index contributed by atoms with van der Waals surface area (Å²) in [6, 6.07) is 0.